The highest BCUT2D eigenvalue weighted by molar-refractivity contribution is 5.29. The van der Waals surface area contributed by atoms with E-state index in [0.29, 0.717) is 18.4 Å². The maximum atomic E-state index is 5.29. The van der Waals surface area contributed by atoms with Crippen molar-refractivity contribution in [1.29, 1.82) is 0 Å². The predicted octanol–water partition coefficient (Wildman–Crippen LogP) is -0.852. The Morgan fingerprint density at radius 3 is 2.91 bits per heavy atom. The van der Waals surface area contributed by atoms with Crippen LogP contribution in [0.2, 0.25) is 0 Å². The highest BCUT2D eigenvalue weighted by Gasteiger charge is 1.96. The summed E-state index contributed by atoms with van der Waals surface area (Å²) in [6.45, 7) is 1.43. The van der Waals surface area contributed by atoms with E-state index in [1.807, 2.05) is 0 Å². The number of H-pyrrole nitrogens is 1. The number of aromatic nitrogens is 3. The average molecular weight is 156 g/mol. The van der Waals surface area contributed by atoms with Crippen LogP contribution in [0.4, 0.5) is 11.9 Å². The minimum atomic E-state index is 0.320. The van der Waals surface area contributed by atoms with E-state index in [0.717, 1.165) is 13.0 Å². The smallest absolute Gasteiger partial charge is 0.243 e. The summed E-state index contributed by atoms with van der Waals surface area (Å²) < 4.78 is 0. The van der Waals surface area contributed by atoms with Gasteiger partial charge in [-0.3, -0.25) is 0 Å². The number of hydrogen-bond donors (Lipinski definition) is 4. The molecule has 1 aromatic heterocycles. The molecule has 11 heavy (non-hydrogen) atoms. The van der Waals surface area contributed by atoms with Crippen molar-refractivity contribution < 1.29 is 0 Å². The normalized spacial score (nSPS) is 9.91. The van der Waals surface area contributed by atoms with Crippen LogP contribution in [0.1, 0.15) is 6.42 Å². The van der Waals surface area contributed by atoms with E-state index in [1.54, 1.807) is 0 Å². The monoisotopic (exact) mass is 156 g/mol. The minimum absolute atomic E-state index is 0.320. The molecule has 0 aliphatic rings. The van der Waals surface area contributed by atoms with Crippen LogP contribution in [0.15, 0.2) is 0 Å². The third-order valence-corrected chi connectivity index (χ3v) is 1.17. The standard InChI is InChI=1S/C5H12N6/c6-2-1-3-8-5-9-4(7)10-11-5/h1-3,6H2,(H4,7,8,9,10,11). The summed E-state index contributed by atoms with van der Waals surface area (Å²) in [5.74, 6) is 0.844. The van der Waals surface area contributed by atoms with Gasteiger partial charge in [0.2, 0.25) is 11.9 Å². The van der Waals surface area contributed by atoms with Crippen LogP contribution in [0.5, 0.6) is 0 Å². The molecule has 62 valence electrons. The van der Waals surface area contributed by atoms with E-state index in [1.165, 1.54) is 0 Å². The number of hydrogen-bond acceptors (Lipinski definition) is 5. The molecule has 0 saturated carbocycles. The molecule has 0 radical (unpaired) electrons. The second kappa shape index (κ2) is 3.77. The molecule has 6 nitrogen and oxygen atoms in total. The highest BCUT2D eigenvalue weighted by Crippen LogP contribution is 1.97. The minimum Gasteiger partial charge on any atom is -0.368 e. The van der Waals surface area contributed by atoms with Gasteiger partial charge in [0.15, 0.2) is 0 Å². The number of nitrogens with one attached hydrogen (secondary N) is 2. The molecule has 0 aliphatic carbocycles. The topological polar surface area (TPSA) is 106 Å². The molecule has 0 amide bonds. The molecule has 0 fully saturated rings. The van der Waals surface area contributed by atoms with Crippen LogP contribution < -0.4 is 16.8 Å². The van der Waals surface area contributed by atoms with Gasteiger partial charge in [-0.2, -0.15) is 4.98 Å². The Balaban J connectivity index is 2.27. The van der Waals surface area contributed by atoms with E-state index in [-0.39, 0.29) is 0 Å². The molecular weight excluding hydrogens is 144 g/mol. The van der Waals surface area contributed by atoms with Gasteiger partial charge in [0, 0.05) is 6.54 Å². The Morgan fingerprint density at radius 2 is 2.36 bits per heavy atom. The van der Waals surface area contributed by atoms with Crippen molar-refractivity contribution in [3.8, 4) is 0 Å². The second-order valence-corrected chi connectivity index (χ2v) is 2.11. The lowest BCUT2D eigenvalue weighted by atomic mass is 10.4. The summed E-state index contributed by atoms with van der Waals surface area (Å²) in [5, 5.41) is 9.25. The van der Waals surface area contributed by atoms with E-state index in [2.05, 4.69) is 20.5 Å². The lowest BCUT2D eigenvalue weighted by Crippen LogP contribution is -2.09. The van der Waals surface area contributed by atoms with Gasteiger partial charge in [0.1, 0.15) is 0 Å². The van der Waals surface area contributed by atoms with E-state index in [4.69, 9.17) is 11.5 Å². The van der Waals surface area contributed by atoms with Crippen LogP contribution >= 0.6 is 0 Å². The molecule has 0 saturated heterocycles. The van der Waals surface area contributed by atoms with Crippen molar-refractivity contribution in [3.63, 3.8) is 0 Å². The molecule has 0 aliphatic heterocycles. The Bertz CT molecular complexity index is 206. The summed E-state index contributed by atoms with van der Waals surface area (Å²) in [4.78, 5) is 3.84. The fourth-order valence-corrected chi connectivity index (χ4v) is 0.656. The van der Waals surface area contributed by atoms with Gasteiger partial charge >= 0.3 is 0 Å². The van der Waals surface area contributed by atoms with Crippen LogP contribution in [0, 0.1) is 0 Å². The van der Waals surface area contributed by atoms with Crippen molar-refractivity contribution in [2.45, 2.75) is 6.42 Å². The molecule has 1 rings (SSSR count). The molecule has 6 N–H and O–H groups in total. The molecular formula is C5H12N6. The summed E-state index contributed by atoms with van der Waals surface area (Å²) in [5.41, 5.74) is 10.6. The molecule has 0 atom stereocenters. The van der Waals surface area contributed by atoms with E-state index >= 15 is 0 Å². The predicted molar refractivity (Wildman–Crippen MR) is 43.0 cm³/mol. The zero-order valence-electron chi connectivity index (χ0n) is 6.17. The Morgan fingerprint density at radius 1 is 1.55 bits per heavy atom. The third-order valence-electron chi connectivity index (χ3n) is 1.17. The molecule has 0 bridgehead atoms. The fraction of sp³-hybridized carbons (Fsp3) is 0.600. The van der Waals surface area contributed by atoms with Gasteiger partial charge < -0.3 is 16.8 Å². The number of nitrogens with zero attached hydrogens (tertiary/aromatic N) is 2. The third kappa shape index (κ3) is 2.42. The summed E-state index contributed by atoms with van der Waals surface area (Å²) in [6.07, 6.45) is 0.897. The summed E-state index contributed by atoms with van der Waals surface area (Å²) in [7, 11) is 0. The molecule has 1 aromatic rings. The zero-order chi connectivity index (χ0) is 8.10. The van der Waals surface area contributed by atoms with Crippen LogP contribution in [-0.2, 0) is 0 Å². The van der Waals surface area contributed by atoms with Crippen molar-refractivity contribution >= 4 is 11.9 Å². The van der Waals surface area contributed by atoms with Crippen LogP contribution in [0.3, 0.4) is 0 Å². The quantitative estimate of drug-likeness (QED) is 0.425. The Kier molecular flexibility index (Phi) is 2.67. The van der Waals surface area contributed by atoms with E-state index in [9.17, 15) is 0 Å². The number of nitrogens with two attached hydrogens (primary N) is 2. The van der Waals surface area contributed by atoms with Gasteiger partial charge in [-0.15, -0.1) is 5.10 Å². The maximum absolute atomic E-state index is 5.29. The van der Waals surface area contributed by atoms with Crippen molar-refractivity contribution in [1.82, 2.24) is 15.2 Å². The number of aromatic amines is 1. The van der Waals surface area contributed by atoms with Gasteiger partial charge in [0.25, 0.3) is 0 Å². The first-order valence-electron chi connectivity index (χ1n) is 3.44. The summed E-state index contributed by atoms with van der Waals surface area (Å²) in [6, 6.07) is 0. The van der Waals surface area contributed by atoms with Crippen molar-refractivity contribution in [3.05, 3.63) is 0 Å². The SMILES string of the molecule is NCCCNc1n[nH]c(N)n1. The van der Waals surface area contributed by atoms with Gasteiger partial charge in [0.05, 0.1) is 0 Å². The first-order valence-corrected chi connectivity index (χ1v) is 3.44. The maximum Gasteiger partial charge on any atom is 0.243 e. The molecule has 0 unspecified atom stereocenters. The average Bonchev–Trinajstić information content (AvgIpc) is 2.37. The van der Waals surface area contributed by atoms with Crippen molar-refractivity contribution in [2.75, 3.05) is 24.1 Å². The van der Waals surface area contributed by atoms with Crippen LogP contribution in [0.25, 0.3) is 0 Å². The van der Waals surface area contributed by atoms with Gasteiger partial charge in [-0.25, -0.2) is 5.10 Å². The largest absolute Gasteiger partial charge is 0.368 e. The second-order valence-electron chi connectivity index (χ2n) is 2.11. The molecule has 6 heteroatoms. The molecule has 1 heterocycles. The number of anilines is 2. The van der Waals surface area contributed by atoms with Crippen LogP contribution in [-0.4, -0.2) is 28.3 Å². The molecule has 0 aromatic carbocycles. The zero-order valence-corrected chi connectivity index (χ0v) is 6.17. The van der Waals surface area contributed by atoms with Crippen molar-refractivity contribution in [2.24, 2.45) is 5.73 Å². The van der Waals surface area contributed by atoms with E-state index < -0.39 is 0 Å². The lowest BCUT2D eigenvalue weighted by Gasteiger charge is -1.97. The Labute approximate surface area is 64.4 Å². The number of nitrogen functional groups attached to an aromatic ring is 1. The van der Waals surface area contributed by atoms with Gasteiger partial charge in [-0.05, 0) is 13.0 Å². The highest BCUT2D eigenvalue weighted by atomic mass is 15.3. The lowest BCUT2D eigenvalue weighted by molar-refractivity contribution is 0.865. The summed E-state index contributed by atoms with van der Waals surface area (Å²) >= 11 is 0. The fourth-order valence-electron chi connectivity index (χ4n) is 0.656. The first-order chi connectivity index (χ1) is 5.33. The molecule has 0 spiro atoms. The Hall–Kier alpha value is -1.30. The van der Waals surface area contributed by atoms with Gasteiger partial charge in [-0.1, -0.05) is 0 Å². The first kappa shape index (κ1) is 7.80. The number of rotatable bonds is 4.